The molecule has 0 fully saturated rings. The van der Waals surface area contributed by atoms with Crippen LogP contribution in [0.3, 0.4) is 0 Å². The van der Waals surface area contributed by atoms with Crippen LogP contribution in [0.4, 0.5) is 0 Å². The molecule has 0 aliphatic heterocycles. The first kappa shape index (κ1) is 12.0. The number of ether oxygens (including phenoxy) is 1. The fourth-order valence-corrected chi connectivity index (χ4v) is 1.07. The lowest BCUT2D eigenvalue weighted by Gasteiger charge is -2.02. The van der Waals surface area contributed by atoms with Crippen LogP contribution in [0.25, 0.3) is 0 Å². The van der Waals surface area contributed by atoms with Gasteiger partial charge in [0.15, 0.2) is 0 Å². The van der Waals surface area contributed by atoms with E-state index in [1.165, 1.54) is 6.08 Å². The molecule has 0 aliphatic rings. The van der Waals surface area contributed by atoms with E-state index in [-0.39, 0.29) is 5.97 Å². The lowest BCUT2D eigenvalue weighted by atomic mass is 10.5. The highest BCUT2D eigenvalue weighted by Gasteiger charge is 2.06. The van der Waals surface area contributed by atoms with Crippen LogP contribution >= 0.6 is 0 Å². The summed E-state index contributed by atoms with van der Waals surface area (Å²) >= 11 is 0. The summed E-state index contributed by atoms with van der Waals surface area (Å²) < 4.78 is 4.69. The molecular weight excluding hydrogens is 180 g/mol. The molecule has 3 heteroatoms. The van der Waals surface area contributed by atoms with Crippen LogP contribution in [-0.4, -0.2) is 20.7 Å². The number of hydrogen-bond donors (Lipinski definition) is 0. The first-order valence-corrected chi connectivity index (χ1v) is 7.81. The Morgan fingerprint density at radius 2 is 2.08 bits per heavy atom. The molecule has 0 N–H and O–H groups in total. The summed E-state index contributed by atoms with van der Waals surface area (Å²) in [7, 11) is -1.31. The lowest BCUT2D eigenvalue weighted by molar-refractivity contribution is -0.137. The van der Waals surface area contributed by atoms with E-state index in [9.17, 15) is 4.79 Å². The molecule has 0 aromatic heterocycles. The van der Waals surface area contributed by atoms with Gasteiger partial charge in [-0.15, -0.1) is 5.54 Å². The first-order valence-electron chi connectivity index (χ1n) is 4.31. The Morgan fingerprint density at radius 3 is 2.54 bits per heavy atom. The average Bonchev–Trinajstić information content (AvgIpc) is 1.97. The number of rotatable bonds is 2. The van der Waals surface area contributed by atoms with Crippen LogP contribution in [0.1, 0.15) is 6.92 Å². The van der Waals surface area contributed by atoms with Gasteiger partial charge in [0.05, 0.1) is 6.61 Å². The fraction of sp³-hybridized carbons (Fsp3) is 0.500. The van der Waals surface area contributed by atoms with Gasteiger partial charge in [-0.2, -0.15) is 0 Å². The SMILES string of the molecule is CCOC(=O)C=CC#C[Si](C)(C)C. The van der Waals surface area contributed by atoms with E-state index in [2.05, 4.69) is 31.1 Å². The van der Waals surface area contributed by atoms with Crippen molar-refractivity contribution in [1.29, 1.82) is 0 Å². The van der Waals surface area contributed by atoms with E-state index < -0.39 is 8.07 Å². The van der Waals surface area contributed by atoms with Crippen molar-refractivity contribution in [3.8, 4) is 11.5 Å². The van der Waals surface area contributed by atoms with Gasteiger partial charge >= 0.3 is 5.97 Å². The second kappa shape index (κ2) is 5.60. The van der Waals surface area contributed by atoms with Gasteiger partial charge in [0.2, 0.25) is 0 Å². The van der Waals surface area contributed by atoms with Gasteiger partial charge < -0.3 is 4.74 Å². The standard InChI is InChI=1S/C10H16O2Si/c1-5-12-10(11)8-6-7-9-13(2,3)4/h6,8H,5H2,1-4H3. The maximum atomic E-state index is 10.8. The topological polar surface area (TPSA) is 26.3 Å². The Labute approximate surface area is 81.0 Å². The first-order chi connectivity index (χ1) is 5.95. The maximum Gasteiger partial charge on any atom is 0.331 e. The maximum absolute atomic E-state index is 10.8. The minimum Gasteiger partial charge on any atom is -0.463 e. The van der Waals surface area contributed by atoms with Crippen LogP contribution in [0, 0.1) is 11.5 Å². The number of hydrogen-bond acceptors (Lipinski definition) is 2. The molecule has 0 unspecified atom stereocenters. The van der Waals surface area contributed by atoms with E-state index in [1.54, 1.807) is 13.0 Å². The zero-order chi connectivity index (χ0) is 10.3. The average molecular weight is 196 g/mol. The molecule has 0 rings (SSSR count). The highest BCUT2D eigenvalue weighted by atomic mass is 28.3. The van der Waals surface area contributed by atoms with Gasteiger partial charge in [-0.05, 0) is 13.0 Å². The predicted molar refractivity (Wildman–Crippen MR) is 56.9 cm³/mol. The summed E-state index contributed by atoms with van der Waals surface area (Å²) in [5, 5.41) is 0. The van der Waals surface area contributed by atoms with E-state index in [0.717, 1.165) is 0 Å². The normalized spacial score (nSPS) is 10.8. The Bertz CT molecular complexity index is 250. The molecule has 2 nitrogen and oxygen atoms in total. The van der Waals surface area contributed by atoms with Crippen molar-refractivity contribution in [2.75, 3.05) is 6.61 Å². The minimum absolute atomic E-state index is 0.327. The molecule has 0 saturated heterocycles. The lowest BCUT2D eigenvalue weighted by Crippen LogP contribution is -2.16. The molecular formula is C10H16O2Si. The molecule has 0 heterocycles. The number of allylic oxidation sites excluding steroid dienone is 1. The molecule has 0 atom stereocenters. The Morgan fingerprint density at radius 1 is 1.46 bits per heavy atom. The van der Waals surface area contributed by atoms with Gasteiger partial charge in [0.1, 0.15) is 8.07 Å². The van der Waals surface area contributed by atoms with Crippen molar-refractivity contribution in [3.63, 3.8) is 0 Å². The summed E-state index contributed by atoms with van der Waals surface area (Å²) in [6, 6.07) is 0. The van der Waals surface area contributed by atoms with Crippen molar-refractivity contribution in [1.82, 2.24) is 0 Å². The quantitative estimate of drug-likeness (QED) is 0.292. The van der Waals surface area contributed by atoms with Gasteiger partial charge in [0, 0.05) is 6.08 Å². The summed E-state index contributed by atoms with van der Waals surface area (Å²) in [5.74, 6) is 2.52. The van der Waals surface area contributed by atoms with Crippen molar-refractivity contribution in [3.05, 3.63) is 12.2 Å². The highest BCUT2D eigenvalue weighted by molar-refractivity contribution is 6.83. The predicted octanol–water partition coefficient (Wildman–Crippen LogP) is 1.99. The molecule has 72 valence electrons. The summed E-state index contributed by atoms with van der Waals surface area (Å²) in [5.41, 5.74) is 3.11. The van der Waals surface area contributed by atoms with Crippen LogP contribution < -0.4 is 0 Å². The Hall–Kier alpha value is -1.01. The summed E-state index contributed by atoms with van der Waals surface area (Å²) in [6.45, 7) is 8.64. The molecule has 0 saturated carbocycles. The second-order valence-electron chi connectivity index (χ2n) is 3.60. The van der Waals surface area contributed by atoms with Crippen LogP contribution in [-0.2, 0) is 9.53 Å². The molecule has 0 radical (unpaired) electrons. The van der Waals surface area contributed by atoms with E-state index in [1.807, 2.05) is 0 Å². The fourth-order valence-electron chi connectivity index (χ4n) is 0.558. The zero-order valence-electron chi connectivity index (χ0n) is 8.68. The molecule has 0 spiro atoms. The van der Waals surface area contributed by atoms with Crippen molar-refractivity contribution >= 4 is 14.0 Å². The highest BCUT2D eigenvalue weighted by Crippen LogP contribution is 1.95. The summed E-state index contributed by atoms with van der Waals surface area (Å²) in [6.07, 6.45) is 2.91. The number of carbonyl (C=O) groups is 1. The number of carbonyl (C=O) groups excluding carboxylic acids is 1. The van der Waals surface area contributed by atoms with Crippen molar-refractivity contribution in [2.24, 2.45) is 0 Å². The Kier molecular flexibility index (Phi) is 5.16. The third-order valence-electron chi connectivity index (χ3n) is 1.04. The van der Waals surface area contributed by atoms with Crippen LogP contribution in [0.15, 0.2) is 12.2 Å². The largest absolute Gasteiger partial charge is 0.463 e. The van der Waals surface area contributed by atoms with E-state index in [4.69, 9.17) is 4.74 Å². The third kappa shape index (κ3) is 8.90. The van der Waals surface area contributed by atoms with Crippen LogP contribution in [0.2, 0.25) is 19.6 Å². The van der Waals surface area contributed by atoms with Crippen molar-refractivity contribution in [2.45, 2.75) is 26.6 Å². The minimum atomic E-state index is -1.31. The van der Waals surface area contributed by atoms with Crippen molar-refractivity contribution < 1.29 is 9.53 Å². The molecule has 0 amide bonds. The molecule has 0 aromatic rings. The van der Waals surface area contributed by atoms with Crippen LogP contribution in [0.5, 0.6) is 0 Å². The van der Waals surface area contributed by atoms with Gasteiger partial charge in [-0.1, -0.05) is 25.6 Å². The smallest absolute Gasteiger partial charge is 0.331 e. The zero-order valence-corrected chi connectivity index (χ0v) is 9.68. The van der Waals surface area contributed by atoms with E-state index in [0.29, 0.717) is 6.61 Å². The Balaban J connectivity index is 3.99. The molecule has 0 bridgehead atoms. The molecule has 0 aromatic carbocycles. The van der Waals surface area contributed by atoms with E-state index >= 15 is 0 Å². The van der Waals surface area contributed by atoms with Gasteiger partial charge in [-0.25, -0.2) is 4.79 Å². The monoisotopic (exact) mass is 196 g/mol. The second-order valence-corrected chi connectivity index (χ2v) is 8.35. The molecule has 0 aliphatic carbocycles. The van der Waals surface area contributed by atoms with Gasteiger partial charge in [0.25, 0.3) is 0 Å². The molecule has 13 heavy (non-hydrogen) atoms. The number of esters is 1. The summed E-state index contributed by atoms with van der Waals surface area (Å²) in [4.78, 5) is 10.8. The van der Waals surface area contributed by atoms with Gasteiger partial charge in [-0.3, -0.25) is 0 Å². The third-order valence-corrected chi connectivity index (χ3v) is 1.93.